The maximum Gasteiger partial charge on any atom is 0.253 e. The Hall–Kier alpha value is -2.41. The Kier molecular flexibility index (Phi) is 6.45. The molecule has 3 amide bonds. The summed E-state index contributed by atoms with van der Waals surface area (Å²) < 4.78 is 0. The summed E-state index contributed by atoms with van der Waals surface area (Å²) in [7, 11) is 0. The smallest absolute Gasteiger partial charge is 0.253 e. The Morgan fingerprint density at radius 1 is 1.15 bits per heavy atom. The zero-order chi connectivity index (χ0) is 19.2. The van der Waals surface area contributed by atoms with Crippen LogP contribution >= 0.6 is 0 Å². The number of likely N-dealkylation sites (tertiary alicyclic amines) is 1. The van der Waals surface area contributed by atoms with Crippen LogP contribution in [0.3, 0.4) is 0 Å². The van der Waals surface area contributed by atoms with Gasteiger partial charge in [-0.1, -0.05) is 0 Å². The summed E-state index contributed by atoms with van der Waals surface area (Å²) in [5.41, 5.74) is 1.29. The molecule has 7 nitrogen and oxygen atoms in total. The lowest BCUT2D eigenvalue weighted by Gasteiger charge is -2.33. The molecule has 3 N–H and O–H groups in total. The largest absolute Gasteiger partial charge is 0.354 e. The highest BCUT2D eigenvalue weighted by molar-refractivity contribution is 5.95. The second-order valence-corrected chi connectivity index (χ2v) is 7.41. The second-order valence-electron chi connectivity index (χ2n) is 7.41. The molecule has 27 heavy (non-hydrogen) atoms. The molecule has 0 aromatic heterocycles. The highest BCUT2D eigenvalue weighted by Gasteiger charge is 2.26. The van der Waals surface area contributed by atoms with E-state index in [4.69, 9.17) is 0 Å². The standard InChI is InChI=1S/C20H28N4O3/c1-14(25)23-17-8-6-16(7-9-17)20(27)24-11-3-4-15(13-24)12-22-19(26)18-5-2-10-21-18/h6-9,15,18,21H,2-5,10-13H2,1H3,(H,22,26)(H,23,25). The van der Waals surface area contributed by atoms with Crippen molar-refractivity contribution >= 4 is 23.4 Å². The van der Waals surface area contributed by atoms with E-state index in [2.05, 4.69) is 16.0 Å². The number of nitrogens with one attached hydrogen (secondary N) is 3. The minimum atomic E-state index is -0.136. The number of hydrogen-bond donors (Lipinski definition) is 3. The summed E-state index contributed by atoms with van der Waals surface area (Å²) in [6.45, 7) is 4.37. The fourth-order valence-electron chi connectivity index (χ4n) is 3.77. The molecular formula is C20H28N4O3. The van der Waals surface area contributed by atoms with Crippen LogP contribution in [0.2, 0.25) is 0 Å². The maximum absolute atomic E-state index is 12.8. The molecule has 0 bridgehead atoms. The Balaban J connectivity index is 1.51. The third-order valence-corrected chi connectivity index (χ3v) is 5.20. The van der Waals surface area contributed by atoms with Crippen molar-refractivity contribution in [2.45, 2.75) is 38.6 Å². The maximum atomic E-state index is 12.8. The number of carbonyl (C=O) groups excluding carboxylic acids is 3. The summed E-state index contributed by atoms with van der Waals surface area (Å²) in [6.07, 6.45) is 3.90. The summed E-state index contributed by atoms with van der Waals surface area (Å²) in [6, 6.07) is 6.90. The van der Waals surface area contributed by atoms with Crippen molar-refractivity contribution in [2.24, 2.45) is 5.92 Å². The van der Waals surface area contributed by atoms with Crippen molar-refractivity contribution in [3.63, 3.8) is 0 Å². The molecule has 2 unspecified atom stereocenters. The number of nitrogens with zero attached hydrogens (tertiary/aromatic N) is 1. The van der Waals surface area contributed by atoms with Crippen LogP contribution in [0, 0.1) is 5.92 Å². The van der Waals surface area contributed by atoms with Crippen LogP contribution in [-0.2, 0) is 9.59 Å². The third-order valence-electron chi connectivity index (χ3n) is 5.20. The van der Waals surface area contributed by atoms with Gasteiger partial charge in [0.25, 0.3) is 5.91 Å². The zero-order valence-corrected chi connectivity index (χ0v) is 15.8. The van der Waals surface area contributed by atoms with Gasteiger partial charge in [0.1, 0.15) is 0 Å². The molecule has 2 aliphatic heterocycles. The number of anilines is 1. The Morgan fingerprint density at radius 3 is 2.59 bits per heavy atom. The fraction of sp³-hybridized carbons (Fsp3) is 0.550. The van der Waals surface area contributed by atoms with Gasteiger partial charge in [0.15, 0.2) is 0 Å². The number of rotatable bonds is 5. The van der Waals surface area contributed by atoms with E-state index in [-0.39, 0.29) is 29.7 Å². The molecule has 7 heteroatoms. The molecule has 0 saturated carbocycles. The van der Waals surface area contributed by atoms with E-state index >= 15 is 0 Å². The van der Waals surface area contributed by atoms with E-state index in [1.807, 2.05) is 4.90 Å². The fourth-order valence-corrected chi connectivity index (χ4v) is 3.77. The van der Waals surface area contributed by atoms with Gasteiger partial charge in [0, 0.05) is 37.8 Å². The van der Waals surface area contributed by atoms with E-state index in [1.54, 1.807) is 24.3 Å². The van der Waals surface area contributed by atoms with Crippen molar-refractivity contribution in [2.75, 3.05) is 31.5 Å². The first-order chi connectivity index (χ1) is 13.0. The van der Waals surface area contributed by atoms with E-state index in [0.29, 0.717) is 24.3 Å². The van der Waals surface area contributed by atoms with Crippen LogP contribution in [0.5, 0.6) is 0 Å². The molecule has 146 valence electrons. The number of carbonyl (C=O) groups is 3. The first-order valence-corrected chi connectivity index (χ1v) is 9.71. The zero-order valence-electron chi connectivity index (χ0n) is 15.8. The number of amides is 3. The lowest BCUT2D eigenvalue weighted by molar-refractivity contribution is -0.123. The Bertz CT molecular complexity index is 683. The molecule has 0 aliphatic carbocycles. The predicted octanol–water partition coefficient (Wildman–Crippen LogP) is 1.37. The van der Waals surface area contributed by atoms with E-state index in [0.717, 1.165) is 38.8 Å². The van der Waals surface area contributed by atoms with Gasteiger partial charge in [-0.2, -0.15) is 0 Å². The van der Waals surface area contributed by atoms with Crippen LogP contribution < -0.4 is 16.0 Å². The molecule has 3 rings (SSSR count). The minimum Gasteiger partial charge on any atom is -0.354 e. The highest BCUT2D eigenvalue weighted by atomic mass is 16.2. The molecule has 1 aromatic carbocycles. The van der Waals surface area contributed by atoms with Gasteiger partial charge in [-0.25, -0.2) is 0 Å². The van der Waals surface area contributed by atoms with Crippen LogP contribution in [-0.4, -0.2) is 54.8 Å². The van der Waals surface area contributed by atoms with Crippen molar-refractivity contribution in [3.05, 3.63) is 29.8 Å². The molecule has 2 heterocycles. The first kappa shape index (κ1) is 19.4. The van der Waals surface area contributed by atoms with Crippen LogP contribution in [0.25, 0.3) is 0 Å². The van der Waals surface area contributed by atoms with Gasteiger partial charge in [-0.05, 0) is 62.4 Å². The predicted molar refractivity (Wildman–Crippen MR) is 103 cm³/mol. The third kappa shape index (κ3) is 5.29. The molecule has 2 aliphatic rings. The summed E-state index contributed by atoms with van der Waals surface area (Å²) in [5, 5.41) is 8.94. The van der Waals surface area contributed by atoms with Gasteiger partial charge in [0.2, 0.25) is 11.8 Å². The average Bonchev–Trinajstić information content (AvgIpc) is 3.21. The molecule has 0 radical (unpaired) electrons. The lowest BCUT2D eigenvalue weighted by atomic mass is 9.97. The second kappa shape index (κ2) is 8.99. The van der Waals surface area contributed by atoms with Crippen molar-refractivity contribution < 1.29 is 14.4 Å². The van der Waals surface area contributed by atoms with Gasteiger partial charge in [0.05, 0.1) is 6.04 Å². The van der Waals surface area contributed by atoms with E-state index < -0.39 is 0 Å². The minimum absolute atomic E-state index is 0.00198. The number of hydrogen-bond acceptors (Lipinski definition) is 4. The first-order valence-electron chi connectivity index (χ1n) is 9.71. The van der Waals surface area contributed by atoms with Crippen molar-refractivity contribution in [1.82, 2.24) is 15.5 Å². The molecule has 2 fully saturated rings. The van der Waals surface area contributed by atoms with Crippen LogP contribution in [0.4, 0.5) is 5.69 Å². The molecule has 2 saturated heterocycles. The van der Waals surface area contributed by atoms with Crippen molar-refractivity contribution in [1.29, 1.82) is 0 Å². The lowest BCUT2D eigenvalue weighted by Crippen LogP contribution is -2.46. The SMILES string of the molecule is CC(=O)Nc1ccc(C(=O)N2CCCC(CNC(=O)C3CCCN3)C2)cc1. The van der Waals surface area contributed by atoms with E-state index in [9.17, 15) is 14.4 Å². The van der Waals surface area contributed by atoms with E-state index in [1.165, 1.54) is 6.92 Å². The molecule has 2 atom stereocenters. The molecule has 1 aromatic rings. The van der Waals surface area contributed by atoms with Crippen molar-refractivity contribution in [3.8, 4) is 0 Å². The topological polar surface area (TPSA) is 90.5 Å². The quantitative estimate of drug-likeness (QED) is 0.728. The number of benzene rings is 1. The Morgan fingerprint density at radius 2 is 1.93 bits per heavy atom. The molecular weight excluding hydrogens is 344 g/mol. The normalized spacial score (nSPS) is 22.3. The monoisotopic (exact) mass is 372 g/mol. The highest BCUT2D eigenvalue weighted by Crippen LogP contribution is 2.19. The molecule has 0 spiro atoms. The summed E-state index contributed by atoms with van der Waals surface area (Å²) in [4.78, 5) is 37.9. The summed E-state index contributed by atoms with van der Waals surface area (Å²) in [5.74, 6) is 0.219. The Labute approximate surface area is 159 Å². The van der Waals surface area contributed by atoms with Gasteiger partial charge < -0.3 is 20.9 Å². The van der Waals surface area contributed by atoms with Gasteiger partial charge >= 0.3 is 0 Å². The average molecular weight is 372 g/mol. The summed E-state index contributed by atoms with van der Waals surface area (Å²) >= 11 is 0. The van der Waals surface area contributed by atoms with Crippen LogP contribution in [0.15, 0.2) is 24.3 Å². The van der Waals surface area contributed by atoms with Crippen LogP contribution in [0.1, 0.15) is 43.0 Å². The van der Waals surface area contributed by atoms with Gasteiger partial charge in [-0.15, -0.1) is 0 Å². The number of piperidine rings is 1. The van der Waals surface area contributed by atoms with Gasteiger partial charge in [-0.3, -0.25) is 14.4 Å².